The number of rotatable bonds is 2. The van der Waals surface area contributed by atoms with Crippen molar-refractivity contribution in [2.75, 3.05) is 20.3 Å². The van der Waals surface area contributed by atoms with Crippen LogP contribution in [0.25, 0.3) is 0 Å². The van der Waals surface area contributed by atoms with Gasteiger partial charge >= 0.3 is 0 Å². The van der Waals surface area contributed by atoms with Crippen molar-refractivity contribution in [3.05, 3.63) is 53.6 Å². The highest BCUT2D eigenvalue weighted by atomic mass is 16.6. The lowest BCUT2D eigenvalue weighted by atomic mass is 10.1. The fourth-order valence-corrected chi connectivity index (χ4v) is 2.12. The molecular formula is C18H14O4. The molecule has 2 aromatic rings. The van der Waals surface area contributed by atoms with E-state index in [1.165, 1.54) is 0 Å². The Balaban J connectivity index is 1.92. The summed E-state index contributed by atoms with van der Waals surface area (Å²) >= 11 is 0. The van der Waals surface area contributed by atoms with Crippen molar-refractivity contribution in [3.8, 4) is 29.1 Å². The number of Topliss-reactive ketones (excluding diaryl/α,β-unsaturated/α-hetero) is 1. The first kappa shape index (κ1) is 14.0. The van der Waals surface area contributed by atoms with E-state index in [0.29, 0.717) is 41.6 Å². The minimum Gasteiger partial charge on any atom is -0.495 e. The van der Waals surface area contributed by atoms with Crippen molar-refractivity contribution in [2.45, 2.75) is 0 Å². The molecule has 0 fully saturated rings. The first-order chi connectivity index (χ1) is 10.8. The van der Waals surface area contributed by atoms with Crippen LogP contribution in [0.1, 0.15) is 15.9 Å². The molecule has 2 aromatic carbocycles. The average Bonchev–Trinajstić information content (AvgIpc) is 2.59. The third-order valence-electron chi connectivity index (χ3n) is 3.21. The fraction of sp³-hybridized carbons (Fsp3) is 0.167. The smallest absolute Gasteiger partial charge is 0.236 e. The summed E-state index contributed by atoms with van der Waals surface area (Å²) in [7, 11) is 1.55. The molecule has 0 saturated carbocycles. The van der Waals surface area contributed by atoms with Gasteiger partial charge in [0.2, 0.25) is 5.78 Å². The highest BCUT2D eigenvalue weighted by Gasteiger charge is 2.15. The van der Waals surface area contributed by atoms with Gasteiger partial charge in [0.15, 0.2) is 11.5 Å². The van der Waals surface area contributed by atoms with Crippen LogP contribution in [-0.4, -0.2) is 26.1 Å². The second-order valence-corrected chi connectivity index (χ2v) is 4.64. The molecule has 0 unspecified atom stereocenters. The van der Waals surface area contributed by atoms with Gasteiger partial charge in [0.25, 0.3) is 0 Å². The van der Waals surface area contributed by atoms with Crippen LogP contribution in [0.15, 0.2) is 42.5 Å². The Bertz CT molecular complexity index is 754. The van der Waals surface area contributed by atoms with Crippen molar-refractivity contribution in [3.63, 3.8) is 0 Å². The number of hydrogen-bond donors (Lipinski definition) is 0. The second kappa shape index (κ2) is 6.23. The largest absolute Gasteiger partial charge is 0.495 e. The highest BCUT2D eigenvalue weighted by Crippen LogP contribution is 2.36. The van der Waals surface area contributed by atoms with E-state index < -0.39 is 0 Å². The van der Waals surface area contributed by atoms with Crippen LogP contribution in [0.3, 0.4) is 0 Å². The fourth-order valence-electron chi connectivity index (χ4n) is 2.12. The van der Waals surface area contributed by atoms with Gasteiger partial charge in [0.1, 0.15) is 19.0 Å². The molecule has 22 heavy (non-hydrogen) atoms. The summed E-state index contributed by atoms with van der Waals surface area (Å²) in [6, 6.07) is 12.4. The summed E-state index contributed by atoms with van der Waals surface area (Å²) in [5, 5.41) is 0. The van der Waals surface area contributed by atoms with Crippen LogP contribution >= 0.6 is 0 Å². The zero-order valence-corrected chi connectivity index (χ0v) is 12.1. The third kappa shape index (κ3) is 2.89. The van der Waals surface area contributed by atoms with E-state index >= 15 is 0 Å². The monoisotopic (exact) mass is 294 g/mol. The first-order valence-electron chi connectivity index (χ1n) is 6.87. The Morgan fingerprint density at radius 1 is 1.09 bits per heavy atom. The molecule has 0 spiro atoms. The lowest BCUT2D eigenvalue weighted by Crippen LogP contribution is -2.15. The molecule has 1 heterocycles. The molecule has 0 radical (unpaired) electrons. The van der Waals surface area contributed by atoms with E-state index in [-0.39, 0.29) is 5.78 Å². The highest BCUT2D eigenvalue weighted by molar-refractivity contribution is 6.09. The molecule has 110 valence electrons. The Hall–Kier alpha value is -2.93. The van der Waals surface area contributed by atoms with Crippen molar-refractivity contribution in [2.24, 2.45) is 0 Å². The van der Waals surface area contributed by atoms with Crippen molar-refractivity contribution in [1.29, 1.82) is 0 Å². The number of hydrogen-bond acceptors (Lipinski definition) is 4. The lowest BCUT2D eigenvalue weighted by Gasteiger charge is -2.19. The number of carbonyl (C=O) groups excluding carboxylic acids is 1. The maximum Gasteiger partial charge on any atom is 0.236 e. The van der Waals surface area contributed by atoms with Crippen LogP contribution in [0.4, 0.5) is 0 Å². The molecule has 0 aliphatic carbocycles. The summed E-state index contributed by atoms with van der Waals surface area (Å²) < 4.78 is 16.3. The normalized spacial score (nSPS) is 12.0. The summed E-state index contributed by atoms with van der Waals surface area (Å²) in [5.41, 5.74) is 1.16. The SMILES string of the molecule is COc1cc2c(cc1C#CC(=O)c1ccccc1)OCCO2. The first-order valence-corrected chi connectivity index (χ1v) is 6.87. The van der Waals surface area contributed by atoms with Gasteiger partial charge in [-0.15, -0.1) is 0 Å². The van der Waals surface area contributed by atoms with Gasteiger partial charge in [-0.1, -0.05) is 36.3 Å². The lowest BCUT2D eigenvalue weighted by molar-refractivity contribution is 0.105. The molecule has 0 aromatic heterocycles. The molecule has 4 heteroatoms. The number of ketones is 1. The quantitative estimate of drug-likeness (QED) is 0.631. The molecule has 3 rings (SSSR count). The number of carbonyl (C=O) groups is 1. The molecule has 1 aliphatic rings. The molecule has 0 atom stereocenters. The van der Waals surface area contributed by atoms with Gasteiger partial charge < -0.3 is 14.2 Å². The molecular weight excluding hydrogens is 280 g/mol. The van der Waals surface area contributed by atoms with E-state index in [9.17, 15) is 4.79 Å². The van der Waals surface area contributed by atoms with E-state index in [2.05, 4.69) is 11.8 Å². The van der Waals surface area contributed by atoms with E-state index in [1.807, 2.05) is 6.07 Å². The maximum absolute atomic E-state index is 12.0. The summed E-state index contributed by atoms with van der Waals surface area (Å²) in [4.78, 5) is 12.0. The van der Waals surface area contributed by atoms with Crippen LogP contribution < -0.4 is 14.2 Å². The van der Waals surface area contributed by atoms with Crippen molar-refractivity contribution < 1.29 is 19.0 Å². The molecule has 0 bridgehead atoms. The third-order valence-corrected chi connectivity index (χ3v) is 3.21. The van der Waals surface area contributed by atoms with E-state index in [1.54, 1.807) is 43.5 Å². The van der Waals surface area contributed by atoms with Gasteiger partial charge in [0, 0.05) is 17.7 Å². The van der Waals surface area contributed by atoms with Gasteiger partial charge in [-0.3, -0.25) is 4.79 Å². The van der Waals surface area contributed by atoms with Crippen LogP contribution in [-0.2, 0) is 0 Å². The number of benzene rings is 2. The number of methoxy groups -OCH3 is 1. The Morgan fingerprint density at radius 2 is 1.77 bits per heavy atom. The Morgan fingerprint density at radius 3 is 2.45 bits per heavy atom. The molecule has 0 amide bonds. The predicted octanol–water partition coefficient (Wildman–Crippen LogP) is 2.70. The summed E-state index contributed by atoms with van der Waals surface area (Å²) in [5.74, 6) is 7.04. The zero-order valence-electron chi connectivity index (χ0n) is 12.1. The van der Waals surface area contributed by atoms with Crippen LogP contribution in [0.2, 0.25) is 0 Å². The van der Waals surface area contributed by atoms with Crippen molar-refractivity contribution in [1.82, 2.24) is 0 Å². The molecule has 4 nitrogen and oxygen atoms in total. The average molecular weight is 294 g/mol. The topological polar surface area (TPSA) is 44.8 Å². The summed E-state index contributed by atoms with van der Waals surface area (Å²) in [6.45, 7) is 1.00. The Kier molecular flexibility index (Phi) is 3.97. The standard InChI is InChI=1S/C18H14O4/c1-20-16-12-18-17(21-9-10-22-18)11-14(16)7-8-15(19)13-5-3-2-4-6-13/h2-6,11-12H,9-10H2,1H3. The minimum atomic E-state index is -0.238. The van der Waals surface area contributed by atoms with E-state index in [0.717, 1.165) is 0 Å². The van der Waals surface area contributed by atoms with Gasteiger partial charge in [-0.2, -0.15) is 0 Å². The molecule has 1 aliphatic heterocycles. The summed E-state index contributed by atoms with van der Waals surface area (Å²) in [6.07, 6.45) is 0. The zero-order chi connectivity index (χ0) is 15.4. The molecule has 0 saturated heterocycles. The second-order valence-electron chi connectivity index (χ2n) is 4.64. The van der Waals surface area contributed by atoms with Gasteiger partial charge in [0.05, 0.1) is 12.7 Å². The Labute approximate surface area is 128 Å². The van der Waals surface area contributed by atoms with Gasteiger partial charge in [-0.25, -0.2) is 0 Å². The van der Waals surface area contributed by atoms with Gasteiger partial charge in [-0.05, 0) is 5.92 Å². The number of fused-ring (bicyclic) bond motifs is 1. The minimum absolute atomic E-state index is 0.238. The van der Waals surface area contributed by atoms with Crippen molar-refractivity contribution >= 4 is 5.78 Å². The number of ether oxygens (including phenoxy) is 3. The predicted molar refractivity (Wildman–Crippen MR) is 81.6 cm³/mol. The molecule has 0 N–H and O–H groups in total. The van der Waals surface area contributed by atoms with Crippen LogP contribution in [0.5, 0.6) is 17.2 Å². The maximum atomic E-state index is 12.0. The van der Waals surface area contributed by atoms with Crippen LogP contribution in [0, 0.1) is 11.8 Å². The van der Waals surface area contributed by atoms with E-state index in [4.69, 9.17) is 14.2 Å².